The molecule has 0 N–H and O–H groups in total. The van der Waals surface area contributed by atoms with Crippen molar-refractivity contribution < 1.29 is 51.1 Å². The first-order chi connectivity index (χ1) is 31.0. The third-order valence-corrected chi connectivity index (χ3v) is 7.52. The number of carbonyl (C=O) groups is 1. The summed E-state index contributed by atoms with van der Waals surface area (Å²) in [6.45, 7) is -9.74. The number of rotatable bonds is 13. The van der Waals surface area contributed by atoms with Crippen molar-refractivity contribution >= 4 is 17.7 Å². The second-order valence-corrected chi connectivity index (χ2v) is 10.7. The monoisotopic (exact) mass is 701 g/mol. The van der Waals surface area contributed by atoms with Crippen molar-refractivity contribution in [2.75, 3.05) is 26.1 Å². The Morgan fingerprint density at radius 2 is 1.71 bits per heavy atom. The Morgan fingerprint density at radius 3 is 2.38 bits per heavy atom. The molecule has 0 spiro atoms. The van der Waals surface area contributed by atoms with Crippen molar-refractivity contribution in [3.05, 3.63) is 116 Å². The SMILES string of the molecule is [2H]c1c([2H])c(-c2c([2H])c([2H])c(C(F)(F)F)c(C)c2[2H])c([2H])c([2H])c1CN(CCN(C([2H])([2H])C)C([2H])([2H])C)C(=O)C([2H])([2H])n1c(SC([2H])([2H])c2ccc(F)cc2)nc(=O)c2c1C([2H])([2H])C([2H])([2H])C2([2H])[2H]. The van der Waals surface area contributed by atoms with Gasteiger partial charge in [0.15, 0.2) is 5.16 Å². The van der Waals surface area contributed by atoms with Gasteiger partial charge in [0.2, 0.25) is 5.91 Å². The van der Waals surface area contributed by atoms with Crippen LogP contribution in [0.15, 0.2) is 76.5 Å². The van der Waals surface area contributed by atoms with Crippen LogP contribution in [-0.4, -0.2) is 51.3 Å². The summed E-state index contributed by atoms with van der Waals surface area (Å²) in [4.78, 5) is 33.2. The number of nitrogens with zero attached hydrogens (tertiary/aromatic N) is 4. The maximum atomic E-state index is 15.1. The minimum absolute atomic E-state index is 0.0707. The molecule has 0 atom stereocenters. The van der Waals surface area contributed by atoms with Gasteiger partial charge in [-0.3, -0.25) is 9.59 Å². The highest BCUT2D eigenvalue weighted by Gasteiger charge is 2.32. The molecule has 0 radical (unpaired) electrons. The first-order valence-electron chi connectivity index (χ1n) is 24.5. The zero-order chi connectivity index (χ0) is 53.1. The van der Waals surface area contributed by atoms with Gasteiger partial charge < -0.3 is 14.4 Å². The normalized spacial score (nSPS) is 23.5. The van der Waals surface area contributed by atoms with Crippen LogP contribution in [0.5, 0.6) is 0 Å². The maximum Gasteiger partial charge on any atom is 0.416 e. The lowest BCUT2D eigenvalue weighted by Gasteiger charge is -2.28. The number of amides is 1. The Labute approximate surface area is 312 Å². The molecule has 11 heteroatoms. The molecule has 4 aromatic rings. The van der Waals surface area contributed by atoms with E-state index in [4.69, 9.17) is 26.0 Å². The number of aromatic nitrogens is 2. The number of thioether (sulfide) groups is 1. The van der Waals surface area contributed by atoms with E-state index >= 15 is 4.79 Å². The van der Waals surface area contributed by atoms with E-state index in [1.165, 1.54) is 0 Å². The first-order valence-corrected chi connectivity index (χ1v) is 14.8. The summed E-state index contributed by atoms with van der Waals surface area (Å²) in [7, 11) is 0. The van der Waals surface area contributed by atoms with Gasteiger partial charge in [-0.15, -0.1) is 0 Å². The lowest BCUT2D eigenvalue weighted by atomic mass is 9.98. The van der Waals surface area contributed by atoms with Crippen LogP contribution < -0.4 is 5.56 Å². The molecular weight excluding hydrogens is 640 g/mol. The molecule has 1 amide bonds. The molecule has 1 aromatic heterocycles. The van der Waals surface area contributed by atoms with Crippen molar-refractivity contribution in [2.45, 2.75) is 70.0 Å². The van der Waals surface area contributed by atoms with E-state index in [1.807, 2.05) is 0 Å². The molecule has 1 aliphatic rings. The van der Waals surface area contributed by atoms with Crippen molar-refractivity contribution in [3.8, 4) is 11.1 Å². The highest BCUT2D eigenvalue weighted by atomic mass is 32.2. The fourth-order valence-corrected chi connectivity index (χ4v) is 5.00. The van der Waals surface area contributed by atoms with E-state index in [2.05, 4.69) is 4.98 Å². The quantitative estimate of drug-likeness (QED) is 0.0820. The van der Waals surface area contributed by atoms with Gasteiger partial charge in [-0.1, -0.05) is 74.0 Å². The van der Waals surface area contributed by atoms with E-state index < -0.39 is 174 Å². The number of hydrogen-bond donors (Lipinski definition) is 0. The largest absolute Gasteiger partial charge is 0.416 e. The van der Waals surface area contributed by atoms with Crippen molar-refractivity contribution in [3.63, 3.8) is 0 Å². The minimum Gasteiger partial charge on any atom is -0.336 e. The van der Waals surface area contributed by atoms with Crippen LogP contribution >= 0.6 is 11.8 Å². The van der Waals surface area contributed by atoms with Crippen LogP contribution in [0, 0.1) is 12.7 Å². The molecule has 6 nitrogen and oxygen atoms in total. The van der Waals surface area contributed by atoms with Gasteiger partial charge in [0.1, 0.15) is 12.3 Å². The first kappa shape index (κ1) is 17.1. The predicted molar refractivity (Wildman–Crippen MR) is 181 cm³/mol. The van der Waals surface area contributed by atoms with Crippen LogP contribution in [0.1, 0.15) is 82.5 Å². The molecule has 0 unspecified atom stereocenters. The van der Waals surface area contributed by atoms with Gasteiger partial charge in [0, 0.05) is 53.0 Å². The molecule has 1 heterocycles. The number of alkyl halides is 3. The molecular formula is C37H40F4N4O2S. The zero-order valence-corrected chi connectivity index (χ0v) is 26.3. The minimum atomic E-state index is -5.23. The van der Waals surface area contributed by atoms with Gasteiger partial charge in [0.05, 0.1) is 17.9 Å². The molecule has 5 rings (SSSR count). The number of carbonyl (C=O) groups excluding carboxylic acids is 1. The van der Waals surface area contributed by atoms with E-state index in [0.29, 0.717) is 9.80 Å². The van der Waals surface area contributed by atoms with Gasteiger partial charge in [0.25, 0.3) is 5.56 Å². The van der Waals surface area contributed by atoms with Gasteiger partial charge >= 0.3 is 6.18 Å². The Kier molecular flexibility index (Phi) is 5.53. The van der Waals surface area contributed by atoms with E-state index in [9.17, 15) is 25.1 Å². The fraction of sp³-hybridized carbons (Fsp3) is 0.378. The van der Waals surface area contributed by atoms with Crippen LogP contribution in [0.3, 0.4) is 0 Å². The molecule has 48 heavy (non-hydrogen) atoms. The topological polar surface area (TPSA) is 58.4 Å². The molecule has 0 bridgehead atoms. The van der Waals surface area contributed by atoms with E-state index in [-0.39, 0.29) is 21.9 Å². The second-order valence-electron chi connectivity index (χ2n) is 9.88. The Bertz CT molecular complexity index is 2730. The summed E-state index contributed by atoms with van der Waals surface area (Å²) < 4.78 is 237. The summed E-state index contributed by atoms with van der Waals surface area (Å²) in [5.74, 6) is -2.79. The molecule has 0 saturated carbocycles. The number of hydrogen-bond acceptors (Lipinski definition) is 5. The molecule has 1 aliphatic carbocycles. The molecule has 0 saturated heterocycles. The fourth-order valence-electron chi connectivity index (χ4n) is 4.30. The zero-order valence-electron chi connectivity index (χ0n) is 46.5. The Morgan fingerprint density at radius 1 is 1.02 bits per heavy atom. The van der Waals surface area contributed by atoms with Crippen molar-refractivity contribution in [1.29, 1.82) is 0 Å². The molecule has 0 aliphatic heterocycles. The third kappa shape index (κ3) is 8.54. The van der Waals surface area contributed by atoms with Gasteiger partial charge in [-0.25, -0.2) is 4.39 Å². The van der Waals surface area contributed by atoms with Gasteiger partial charge in [-0.05, 0) is 85.0 Å². The third-order valence-electron chi connectivity index (χ3n) is 6.72. The average Bonchev–Trinajstić information content (AvgIpc) is 3.29. The number of likely N-dealkylation sites (N-methyl/N-ethyl adjacent to an activating group) is 1. The van der Waals surface area contributed by atoms with Crippen LogP contribution in [0.25, 0.3) is 11.1 Å². The molecule has 3 aromatic carbocycles. The predicted octanol–water partition coefficient (Wildman–Crippen LogP) is 7.53. The average molecular weight is 702 g/mol. The maximum absolute atomic E-state index is 15.1. The van der Waals surface area contributed by atoms with Crippen LogP contribution in [0.2, 0.25) is 0 Å². The smallest absolute Gasteiger partial charge is 0.336 e. The summed E-state index contributed by atoms with van der Waals surface area (Å²) in [5.41, 5.74) is -13.1. The van der Waals surface area contributed by atoms with E-state index in [1.54, 1.807) is 0 Å². The summed E-state index contributed by atoms with van der Waals surface area (Å²) in [6.07, 6.45) is -16.4. The second kappa shape index (κ2) is 15.5. The number of halogens is 4. The lowest BCUT2D eigenvalue weighted by Crippen LogP contribution is -2.40. The number of benzene rings is 3. The summed E-state index contributed by atoms with van der Waals surface area (Å²) in [6, 6.07) is -4.83. The number of fused-ring (bicyclic) bond motifs is 1. The molecule has 254 valence electrons. The summed E-state index contributed by atoms with van der Waals surface area (Å²) in [5, 5.41) is -1.22. The summed E-state index contributed by atoms with van der Waals surface area (Å²) >= 11 is -0.171. The Hall–Kier alpha value is -3.96. The highest BCUT2D eigenvalue weighted by Crippen LogP contribution is 2.34. The van der Waals surface area contributed by atoms with Crippen molar-refractivity contribution in [1.82, 2.24) is 19.4 Å². The van der Waals surface area contributed by atoms with Crippen LogP contribution in [0.4, 0.5) is 17.6 Å². The Balaban J connectivity index is 1.81. The van der Waals surface area contributed by atoms with E-state index in [0.717, 1.165) is 45.0 Å². The standard InChI is InChI=1S/C37H40F4N4O2S/c1-4-43(5-2)19-20-44(22-26-9-13-28(14-10-26)29-15-18-32(25(3)21-29)37(39,40)41)34(46)23-45-33-8-6-7-31(33)35(47)42-36(45)48-24-27-11-16-30(38)17-12-27/h9-18,21H,4-8,19-20,22-24H2,1-3H3/i4D2,5D2,6D2,7D2,8D2,9D,10D,13D,14D,15D,18D,21D,23D2,24D2. The van der Waals surface area contributed by atoms with Crippen LogP contribution in [-0.2, 0) is 42.5 Å². The highest BCUT2D eigenvalue weighted by molar-refractivity contribution is 7.98. The van der Waals surface area contributed by atoms with Crippen molar-refractivity contribution in [2.24, 2.45) is 0 Å². The lowest BCUT2D eigenvalue weighted by molar-refractivity contribution is -0.138. The molecule has 0 fully saturated rings. The van der Waals surface area contributed by atoms with Gasteiger partial charge in [-0.2, -0.15) is 18.2 Å².